The van der Waals surface area contributed by atoms with Crippen molar-refractivity contribution in [2.75, 3.05) is 18.4 Å². The Hall–Kier alpha value is -3.88. The van der Waals surface area contributed by atoms with E-state index in [0.29, 0.717) is 38.0 Å². The molecule has 0 bridgehead atoms. The first-order valence-corrected chi connectivity index (χ1v) is 14.9. The molecule has 3 N–H and O–H groups in total. The summed E-state index contributed by atoms with van der Waals surface area (Å²) in [5, 5.41) is 8.62. The van der Waals surface area contributed by atoms with Crippen LogP contribution in [-0.2, 0) is 32.0 Å². The number of nitrogens with zero attached hydrogens (tertiary/aromatic N) is 1. The summed E-state index contributed by atoms with van der Waals surface area (Å²) in [6.45, 7) is 11.9. The lowest BCUT2D eigenvalue weighted by molar-refractivity contribution is -0.138. The first-order chi connectivity index (χ1) is 19.9. The zero-order valence-corrected chi connectivity index (χ0v) is 25.7. The monoisotopic (exact) mass is 578 g/mol. The van der Waals surface area contributed by atoms with E-state index in [4.69, 9.17) is 4.74 Å². The van der Waals surface area contributed by atoms with E-state index in [9.17, 15) is 19.2 Å². The molecule has 9 nitrogen and oxygen atoms in total. The van der Waals surface area contributed by atoms with Gasteiger partial charge in [0.1, 0.15) is 17.7 Å². The molecule has 1 saturated heterocycles. The Kier molecular flexibility index (Phi) is 11.5. The summed E-state index contributed by atoms with van der Waals surface area (Å²) in [6, 6.07) is 15.7. The molecule has 0 aliphatic carbocycles. The predicted molar refractivity (Wildman–Crippen MR) is 164 cm³/mol. The van der Waals surface area contributed by atoms with E-state index in [0.717, 1.165) is 12.0 Å². The third kappa shape index (κ3) is 9.89. The van der Waals surface area contributed by atoms with Gasteiger partial charge in [-0.1, -0.05) is 63.2 Å². The van der Waals surface area contributed by atoms with Crippen molar-refractivity contribution >= 4 is 29.5 Å². The van der Waals surface area contributed by atoms with Crippen molar-refractivity contribution in [1.82, 2.24) is 15.5 Å². The quantitative estimate of drug-likeness (QED) is 0.378. The molecule has 42 heavy (non-hydrogen) atoms. The lowest BCUT2D eigenvalue weighted by Gasteiger charge is -2.35. The Labute approximate surface area is 249 Å². The van der Waals surface area contributed by atoms with Crippen LogP contribution in [0.3, 0.4) is 0 Å². The first kappa shape index (κ1) is 32.6. The molecule has 2 aromatic rings. The van der Waals surface area contributed by atoms with Crippen molar-refractivity contribution in [3.8, 4) is 0 Å². The average Bonchev–Trinajstić information content (AvgIpc) is 2.95. The molecule has 0 spiro atoms. The van der Waals surface area contributed by atoms with Crippen LogP contribution in [0.5, 0.6) is 0 Å². The van der Waals surface area contributed by atoms with Crippen molar-refractivity contribution in [2.24, 2.45) is 11.8 Å². The zero-order valence-electron chi connectivity index (χ0n) is 25.7. The number of piperidine rings is 1. The van der Waals surface area contributed by atoms with Crippen LogP contribution in [0.2, 0.25) is 0 Å². The molecule has 9 heteroatoms. The Balaban J connectivity index is 1.59. The summed E-state index contributed by atoms with van der Waals surface area (Å²) in [4.78, 5) is 54.1. The van der Waals surface area contributed by atoms with Crippen LogP contribution < -0.4 is 16.0 Å². The highest BCUT2D eigenvalue weighted by molar-refractivity contribution is 5.97. The lowest BCUT2D eigenvalue weighted by atomic mass is 9.93. The predicted octanol–water partition coefficient (Wildman–Crippen LogP) is 4.70. The number of hydrogen-bond acceptors (Lipinski definition) is 5. The molecule has 4 amide bonds. The van der Waals surface area contributed by atoms with Crippen molar-refractivity contribution in [3.05, 3.63) is 65.7 Å². The normalized spacial score (nSPS) is 15.5. The fourth-order valence-electron chi connectivity index (χ4n) is 4.93. The third-order valence-electron chi connectivity index (χ3n) is 7.33. The van der Waals surface area contributed by atoms with Crippen LogP contribution >= 0.6 is 0 Å². The van der Waals surface area contributed by atoms with Crippen LogP contribution in [0.4, 0.5) is 10.5 Å². The highest BCUT2D eigenvalue weighted by Crippen LogP contribution is 2.21. The molecule has 1 heterocycles. The fourth-order valence-corrected chi connectivity index (χ4v) is 4.93. The summed E-state index contributed by atoms with van der Waals surface area (Å²) in [7, 11) is 0. The van der Waals surface area contributed by atoms with Gasteiger partial charge in [-0.3, -0.25) is 14.4 Å². The van der Waals surface area contributed by atoms with Crippen molar-refractivity contribution in [2.45, 2.75) is 84.9 Å². The van der Waals surface area contributed by atoms with Crippen LogP contribution in [0, 0.1) is 11.8 Å². The number of hydrogen-bond donors (Lipinski definition) is 3. The van der Waals surface area contributed by atoms with Crippen molar-refractivity contribution < 1.29 is 23.9 Å². The van der Waals surface area contributed by atoms with Crippen LogP contribution in [0.1, 0.15) is 65.5 Å². The average molecular weight is 579 g/mol. The standard InChI is InChI=1S/C33H46N4O5/c1-7-23-13-15-26(16-14-23)34-30(39)28(22(2)3)36-29(38)25-17-19-37(20-18-25)31(40)27(21-24-11-9-8-10-12-24)35-32(41)42-33(4,5)6/h8-16,22,25,27-28H,7,17-21H2,1-6H3,(H,34,39)(H,35,41)(H,36,38). The summed E-state index contributed by atoms with van der Waals surface area (Å²) in [6.07, 6.45) is 1.52. The second kappa shape index (κ2) is 14.8. The number of ether oxygens (including phenoxy) is 1. The van der Waals surface area contributed by atoms with Gasteiger partial charge in [0.15, 0.2) is 0 Å². The van der Waals surface area contributed by atoms with Crippen molar-refractivity contribution in [1.29, 1.82) is 0 Å². The smallest absolute Gasteiger partial charge is 0.408 e. The van der Waals surface area contributed by atoms with E-state index < -0.39 is 23.8 Å². The van der Waals surface area contributed by atoms with E-state index in [1.165, 1.54) is 5.56 Å². The lowest BCUT2D eigenvalue weighted by Crippen LogP contribution is -2.54. The maximum atomic E-state index is 13.6. The van der Waals surface area contributed by atoms with Gasteiger partial charge in [0.05, 0.1) is 0 Å². The van der Waals surface area contributed by atoms with Gasteiger partial charge in [-0.2, -0.15) is 0 Å². The number of carbonyl (C=O) groups is 4. The van der Waals surface area contributed by atoms with E-state index in [2.05, 4.69) is 22.9 Å². The van der Waals surface area contributed by atoms with Gasteiger partial charge in [-0.15, -0.1) is 0 Å². The summed E-state index contributed by atoms with van der Waals surface area (Å²) >= 11 is 0. The molecule has 0 aromatic heterocycles. The molecule has 2 atom stereocenters. The summed E-state index contributed by atoms with van der Waals surface area (Å²) in [5.41, 5.74) is 2.09. The van der Waals surface area contributed by atoms with Gasteiger partial charge < -0.3 is 25.6 Å². The van der Waals surface area contributed by atoms with E-state index in [1.807, 2.05) is 68.4 Å². The number of carbonyl (C=O) groups excluding carboxylic acids is 4. The zero-order chi connectivity index (χ0) is 30.9. The minimum atomic E-state index is -0.798. The van der Waals surface area contributed by atoms with Crippen molar-refractivity contribution in [3.63, 3.8) is 0 Å². The Morgan fingerprint density at radius 2 is 1.52 bits per heavy atom. The number of anilines is 1. The highest BCUT2D eigenvalue weighted by Gasteiger charge is 2.34. The van der Waals surface area contributed by atoms with Gasteiger partial charge in [-0.25, -0.2) is 4.79 Å². The van der Waals surface area contributed by atoms with Gasteiger partial charge in [0.2, 0.25) is 17.7 Å². The maximum Gasteiger partial charge on any atom is 0.408 e. The topological polar surface area (TPSA) is 117 Å². The molecule has 2 unspecified atom stereocenters. The number of nitrogens with one attached hydrogen (secondary N) is 3. The number of benzene rings is 2. The molecule has 0 radical (unpaired) electrons. The van der Waals surface area contributed by atoms with Crippen LogP contribution in [0.15, 0.2) is 54.6 Å². The first-order valence-electron chi connectivity index (χ1n) is 14.9. The molecule has 2 aromatic carbocycles. The Morgan fingerprint density at radius 1 is 0.905 bits per heavy atom. The number of likely N-dealkylation sites (tertiary alicyclic amines) is 1. The van der Waals surface area contributed by atoms with E-state index in [-0.39, 0.29) is 29.6 Å². The molecule has 3 rings (SSSR count). The molecule has 228 valence electrons. The van der Waals surface area contributed by atoms with Crippen LogP contribution in [0.25, 0.3) is 0 Å². The number of rotatable bonds is 10. The van der Waals surface area contributed by atoms with Gasteiger partial charge in [0, 0.05) is 31.1 Å². The minimum Gasteiger partial charge on any atom is -0.444 e. The number of amides is 4. The Bertz CT molecular complexity index is 1200. The SMILES string of the molecule is CCc1ccc(NC(=O)C(NC(=O)C2CCN(C(=O)C(Cc3ccccc3)NC(=O)OC(C)(C)C)CC2)C(C)C)cc1. The molecular weight excluding hydrogens is 532 g/mol. The second-order valence-corrected chi connectivity index (χ2v) is 12.3. The third-order valence-corrected chi connectivity index (χ3v) is 7.33. The maximum absolute atomic E-state index is 13.6. The molecule has 1 aliphatic heterocycles. The number of alkyl carbamates (subject to hydrolysis) is 1. The number of aryl methyl sites for hydroxylation is 1. The van der Waals surface area contributed by atoms with E-state index in [1.54, 1.807) is 25.7 Å². The largest absolute Gasteiger partial charge is 0.444 e. The van der Waals surface area contributed by atoms with Gasteiger partial charge in [0.25, 0.3) is 0 Å². The fraction of sp³-hybridized carbons (Fsp3) is 0.515. The Morgan fingerprint density at radius 3 is 2.07 bits per heavy atom. The molecule has 1 fully saturated rings. The highest BCUT2D eigenvalue weighted by atomic mass is 16.6. The summed E-state index contributed by atoms with van der Waals surface area (Å²) < 4.78 is 5.41. The summed E-state index contributed by atoms with van der Waals surface area (Å²) in [5.74, 6) is -1.09. The molecule has 0 saturated carbocycles. The molecular formula is C33H46N4O5. The minimum absolute atomic E-state index is 0.108. The van der Waals surface area contributed by atoms with Gasteiger partial charge in [-0.05, 0) is 69.2 Å². The van der Waals surface area contributed by atoms with Gasteiger partial charge >= 0.3 is 6.09 Å². The van der Waals surface area contributed by atoms with E-state index >= 15 is 0 Å². The van der Waals surface area contributed by atoms with Crippen LogP contribution in [-0.4, -0.2) is 59.5 Å². The second-order valence-electron chi connectivity index (χ2n) is 12.3. The molecule has 1 aliphatic rings.